The van der Waals surface area contributed by atoms with Gasteiger partial charge in [0.15, 0.2) is 5.13 Å². The van der Waals surface area contributed by atoms with E-state index in [4.69, 9.17) is 0 Å². The fourth-order valence-corrected chi connectivity index (χ4v) is 4.79. The molecule has 0 aliphatic carbocycles. The third-order valence-electron chi connectivity index (χ3n) is 5.72. The molecule has 1 aliphatic heterocycles. The molecule has 3 amide bonds. The third kappa shape index (κ3) is 5.23. The molecular formula is C26H26N4O3S. The highest BCUT2D eigenvalue weighted by molar-refractivity contribution is 7.14. The maximum Gasteiger partial charge on any atom is 0.228 e. The number of amides is 3. The van der Waals surface area contributed by atoms with Gasteiger partial charge in [-0.1, -0.05) is 48.5 Å². The van der Waals surface area contributed by atoms with Crippen molar-refractivity contribution in [1.29, 1.82) is 0 Å². The highest BCUT2D eigenvalue weighted by atomic mass is 32.1. The minimum absolute atomic E-state index is 0.0735. The van der Waals surface area contributed by atoms with Crippen LogP contribution in [0.3, 0.4) is 0 Å². The zero-order valence-corrected chi connectivity index (χ0v) is 20.1. The number of hydrogen-bond acceptors (Lipinski definition) is 5. The summed E-state index contributed by atoms with van der Waals surface area (Å²) in [6.07, 6.45) is 3.76. The Bertz CT molecular complexity index is 1250. The molecule has 8 heteroatoms. The zero-order chi connectivity index (χ0) is 24.2. The Hall–Kier alpha value is -3.78. The molecule has 2 atom stereocenters. The second kappa shape index (κ2) is 10.0. The molecule has 34 heavy (non-hydrogen) atoms. The van der Waals surface area contributed by atoms with Gasteiger partial charge in [-0.3, -0.25) is 14.4 Å². The van der Waals surface area contributed by atoms with Crippen molar-refractivity contribution in [3.05, 3.63) is 76.8 Å². The largest absolute Gasteiger partial charge is 0.350 e. The fourth-order valence-electron chi connectivity index (χ4n) is 4.05. The molecule has 174 valence electrons. The molecule has 0 saturated heterocycles. The number of anilines is 1. The van der Waals surface area contributed by atoms with Crippen molar-refractivity contribution >= 4 is 40.3 Å². The normalized spacial score (nSPS) is 15.4. The van der Waals surface area contributed by atoms with E-state index in [2.05, 4.69) is 15.6 Å². The molecule has 2 unspecified atom stereocenters. The summed E-state index contributed by atoms with van der Waals surface area (Å²) in [6, 6.07) is 15.1. The van der Waals surface area contributed by atoms with Gasteiger partial charge in [-0.2, -0.15) is 0 Å². The lowest BCUT2D eigenvalue weighted by Gasteiger charge is -2.32. The Morgan fingerprint density at radius 1 is 1.09 bits per heavy atom. The summed E-state index contributed by atoms with van der Waals surface area (Å²) in [5.41, 5.74) is 4.63. The summed E-state index contributed by atoms with van der Waals surface area (Å²) >= 11 is 1.35. The fraction of sp³-hybridized carbons (Fsp3) is 0.231. The summed E-state index contributed by atoms with van der Waals surface area (Å²) in [5, 5.41) is 8.14. The van der Waals surface area contributed by atoms with Crippen LogP contribution in [0.2, 0.25) is 0 Å². The Balaban J connectivity index is 1.44. The van der Waals surface area contributed by atoms with Crippen LogP contribution in [0.15, 0.2) is 60.1 Å². The summed E-state index contributed by atoms with van der Waals surface area (Å²) < 4.78 is 0. The quantitative estimate of drug-likeness (QED) is 0.531. The molecule has 2 aromatic carbocycles. The van der Waals surface area contributed by atoms with Gasteiger partial charge in [-0.15, -0.1) is 11.3 Å². The lowest BCUT2D eigenvalue weighted by molar-refractivity contribution is -0.129. The first kappa shape index (κ1) is 23.4. The van der Waals surface area contributed by atoms with E-state index in [-0.39, 0.29) is 36.2 Å². The molecule has 0 spiro atoms. The van der Waals surface area contributed by atoms with E-state index in [0.29, 0.717) is 5.13 Å². The maximum absolute atomic E-state index is 12.9. The molecule has 1 aromatic heterocycles. The number of carbonyl (C=O) groups is 3. The summed E-state index contributed by atoms with van der Waals surface area (Å²) in [7, 11) is 0. The molecule has 2 N–H and O–H groups in total. The topological polar surface area (TPSA) is 91.4 Å². The van der Waals surface area contributed by atoms with Crippen LogP contribution in [0.4, 0.5) is 5.13 Å². The van der Waals surface area contributed by atoms with Gasteiger partial charge in [0.2, 0.25) is 17.7 Å². The molecule has 0 bridgehead atoms. The van der Waals surface area contributed by atoms with Gasteiger partial charge < -0.3 is 15.5 Å². The standard InChI is InChI=1S/C26H26N4O3S/c1-16(27-17(2)31)19-8-10-21(11-9-19)23-15-34-26(28-23)29-25(33)14-24-22-7-5-4-6-20(22)12-13-30(24)18(3)32/h4-13,15-16,24H,14H2,1-3H3,(H,27,31)(H,28,29,33). The number of nitrogens with zero attached hydrogens (tertiary/aromatic N) is 2. The van der Waals surface area contributed by atoms with Crippen molar-refractivity contribution in [3.8, 4) is 11.3 Å². The summed E-state index contributed by atoms with van der Waals surface area (Å²) in [5.74, 6) is -0.395. The Kier molecular flexibility index (Phi) is 6.88. The lowest BCUT2D eigenvalue weighted by atomic mass is 9.93. The predicted octanol–water partition coefficient (Wildman–Crippen LogP) is 4.91. The second-order valence-electron chi connectivity index (χ2n) is 8.22. The number of rotatable bonds is 6. The third-order valence-corrected chi connectivity index (χ3v) is 6.48. The van der Waals surface area contributed by atoms with E-state index < -0.39 is 0 Å². The molecule has 4 rings (SSSR count). The highest BCUT2D eigenvalue weighted by Crippen LogP contribution is 2.33. The van der Waals surface area contributed by atoms with Gasteiger partial charge in [0.1, 0.15) is 0 Å². The molecule has 7 nitrogen and oxygen atoms in total. The van der Waals surface area contributed by atoms with Crippen LogP contribution in [-0.4, -0.2) is 27.6 Å². The number of hydrogen-bond donors (Lipinski definition) is 2. The minimum atomic E-state index is -0.365. The van der Waals surface area contributed by atoms with Gasteiger partial charge >= 0.3 is 0 Å². The number of carbonyl (C=O) groups excluding carboxylic acids is 3. The van der Waals surface area contributed by atoms with Crippen molar-refractivity contribution in [2.45, 2.75) is 39.3 Å². The van der Waals surface area contributed by atoms with Crippen molar-refractivity contribution in [2.24, 2.45) is 0 Å². The van der Waals surface area contributed by atoms with E-state index in [1.807, 2.05) is 66.9 Å². The number of nitrogens with one attached hydrogen (secondary N) is 2. The zero-order valence-electron chi connectivity index (χ0n) is 19.2. The van der Waals surface area contributed by atoms with Gasteiger partial charge in [0.25, 0.3) is 0 Å². The second-order valence-corrected chi connectivity index (χ2v) is 9.08. The summed E-state index contributed by atoms with van der Waals surface area (Å²) in [4.78, 5) is 42.4. The van der Waals surface area contributed by atoms with Crippen molar-refractivity contribution in [1.82, 2.24) is 15.2 Å². The Labute approximate surface area is 202 Å². The van der Waals surface area contributed by atoms with E-state index in [1.54, 1.807) is 11.1 Å². The average Bonchev–Trinajstić information content (AvgIpc) is 3.27. The van der Waals surface area contributed by atoms with Crippen molar-refractivity contribution in [2.75, 3.05) is 5.32 Å². The van der Waals surface area contributed by atoms with Gasteiger partial charge in [0, 0.05) is 31.0 Å². The first-order valence-corrected chi connectivity index (χ1v) is 11.9. The van der Waals surface area contributed by atoms with Gasteiger partial charge in [-0.05, 0) is 29.7 Å². The Morgan fingerprint density at radius 3 is 2.53 bits per heavy atom. The maximum atomic E-state index is 12.9. The number of benzene rings is 2. The minimum Gasteiger partial charge on any atom is -0.350 e. The number of aromatic nitrogens is 1. The van der Waals surface area contributed by atoms with Crippen LogP contribution in [0.1, 0.15) is 56.0 Å². The molecule has 0 fully saturated rings. The van der Waals surface area contributed by atoms with E-state index in [9.17, 15) is 14.4 Å². The molecule has 3 aromatic rings. The van der Waals surface area contributed by atoms with Crippen LogP contribution < -0.4 is 10.6 Å². The number of fused-ring (bicyclic) bond motifs is 1. The molecule has 0 radical (unpaired) electrons. The van der Waals surface area contributed by atoms with Gasteiger partial charge in [0.05, 0.1) is 24.2 Å². The van der Waals surface area contributed by atoms with Crippen LogP contribution >= 0.6 is 11.3 Å². The van der Waals surface area contributed by atoms with Gasteiger partial charge in [-0.25, -0.2) is 4.98 Å². The smallest absolute Gasteiger partial charge is 0.228 e. The highest BCUT2D eigenvalue weighted by Gasteiger charge is 2.28. The average molecular weight is 475 g/mol. The van der Waals surface area contributed by atoms with Crippen molar-refractivity contribution in [3.63, 3.8) is 0 Å². The molecule has 0 saturated carbocycles. The Morgan fingerprint density at radius 2 is 1.82 bits per heavy atom. The van der Waals surface area contributed by atoms with E-state index in [0.717, 1.165) is 27.9 Å². The molecule has 2 heterocycles. The van der Waals surface area contributed by atoms with Crippen LogP contribution in [0.5, 0.6) is 0 Å². The van der Waals surface area contributed by atoms with E-state index >= 15 is 0 Å². The van der Waals surface area contributed by atoms with Crippen LogP contribution in [-0.2, 0) is 14.4 Å². The van der Waals surface area contributed by atoms with E-state index in [1.165, 1.54) is 25.2 Å². The number of thiazole rings is 1. The first-order valence-electron chi connectivity index (χ1n) is 11.0. The molecule has 1 aliphatic rings. The monoisotopic (exact) mass is 474 g/mol. The first-order chi connectivity index (χ1) is 16.3. The summed E-state index contributed by atoms with van der Waals surface area (Å²) in [6.45, 7) is 4.93. The van der Waals surface area contributed by atoms with Crippen LogP contribution in [0, 0.1) is 0 Å². The van der Waals surface area contributed by atoms with Crippen LogP contribution in [0.25, 0.3) is 17.3 Å². The SMILES string of the molecule is CC(=O)NC(C)c1ccc(-c2csc(NC(=O)CC3c4ccccc4C=CN3C(C)=O)n2)cc1. The lowest BCUT2D eigenvalue weighted by Crippen LogP contribution is -2.33. The van der Waals surface area contributed by atoms with Crippen molar-refractivity contribution < 1.29 is 14.4 Å². The predicted molar refractivity (Wildman–Crippen MR) is 134 cm³/mol. The molecular weight excluding hydrogens is 448 g/mol.